The van der Waals surface area contributed by atoms with Gasteiger partial charge in [0.15, 0.2) is 0 Å². The van der Waals surface area contributed by atoms with Crippen LogP contribution in [-0.2, 0) is 14.8 Å². The van der Waals surface area contributed by atoms with E-state index in [0.29, 0.717) is 24.7 Å². The van der Waals surface area contributed by atoms with Crippen LogP contribution < -0.4 is 10.0 Å². The lowest BCUT2D eigenvalue weighted by atomic mass is 10.2. The first kappa shape index (κ1) is 14.5. The molecule has 0 aromatic heterocycles. The topological polar surface area (TPSA) is 67.4 Å². The highest BCUT2D eigenvalue weighted by Gasteiger charge is 2.20. The molecule has 1 fully saturated rings. The summed E-state index contributed by atoms with van der Waals surface area (Å²) in [7, 11) is -3.45. The molecule has 2 N–H and O–H groups in total. The van der Waals surface area contributed by atoms with Gasteiger partial charge in [0, 0.05) is 19.1 Å². The number of hydrogen-bond acceptors (Lipinski definition) is 4. The fourth-order valence-electron chi connectivity index (χ4n) is 2.14. The van der Waals surface area contributed by atoms with Crippen LogP contribution in [0, 0.1) is 13.8 Å². The summed E-state index contributed by atoms with van der Waals surface area (Å²) in [5, 5.41) is 3.21. The Hall–Kier alpha value is -0.950. The molecule has 0 radical (unpaired) electrons. The monoisotopic (exact) mass is 284 g/mol. The molecular weight excluding hydrogens is 264 g/mol. The third kappa shape index (κ3) is 3.76. The molecule has 1 aliphatic rings. The fraction of sp³-hybridized carbons (Fsp3) is 0.538. The van der Waals surface area contributed by atoms with E-state index in [9.17, 15) is 8.42 Å². The quantitative estimate of drug-likeness (QED) is 0.848. The summed E-state index contributed by atoms with van der Waals surface area (Å²) in [6.45, 7) is 6.07. The number of sulfonamides is 1. The summed E-state index contributed by atoms with van der Waals surface area (Å²) < 4.78 is 32.4. The minimum absolute atomic E-state index is 0.0364. The molecule has 0 bridgehead atoms. The molecule has 0 aliphatic carbocycles. The SMILES string of the molecule is Cc1ccc(S(=O)(=O)NCC2COCCN2)c(C)c1. The molecule has 5 nitrogen and oxygen atoms in total. The zero-order valence-corrected chi connectivity index (χ0v) is 12.1. The number of ether oxygens (including phenoxy) is 1. The molecule has 0 amide bonds. The number of aryl methyl sites for hydroxylation is 2. The van der Waals surface area contributed by atoms with Crippen molar-refractivity contribution in [2.45, 2.75) is 24.8 Å². The van der Waals surface area contributed by atoms with Crippen LogP contribution in [0.5, 0.6) is 0 Å². The van der Waals surface area contributed by atoms with Crippen molar-refractivity contribution in [1.29, 1.82) is 0 Å². The second-order valence-corrected chi connectivity index (χ2v) is 6.58. The zero-order chi connectivity index (χ0) is 13.9. The molecular formula is C13H20N2O3S. The van der Waals surface area contributed by atoms with Gasteiger partial charge in [-0.15, -0.1) is 0 Å². The van der Waals surface area contributed by atoms with Crippen molar-refractivity contribution in [2.24, 2.45) is 0 Å². The van der Waals surface area contributed by atoms with Crippen LogP contribution in [0.4, 0.5) is 0 Å². The van der Waals surface area contributed by atoms with E-state index in [1.54, 1.807) is 6.07 Å². The second kappa shape index (κ2) is 6.00. The van der Waals surface area contributed by atoms with E-state index in [-0.39, 0.29) is 6.04 Å². The van der Waals surface area contributed by atoms with E-state index in [0.717, 1.165) is 17.7 Å². The first-order chi connectivity index (χ1) is 8.99. The normalized spacial score (nSPS) is 20.4. The molecule has 1 heterocycles. The molecule has 0 saturated carbocycles. The van der Waals surface area contributed by atoms with Gasteiger partial charge in [-0.3, -0.25) is 0 Å². The van der Waals surface area contributed by atoms with Gasteiger partial charge in [0.05, 0.1) is 18.1 Å². The summed E-state index contributed by atoms with van der Waals surface area (Å²) in [4.78, 5) is 0.342. The van der Waals surface area contributed by atoms with Gasteiger partial charge < -0.3 is 10.1 Å². The maximum Gasteiger partial charge on any atom is 0.240 e. The minimum atomic E-state index is -3.45. The van der Waals surface area contributed by atoms with Gasteiger partial charge in [0.2, 0.25) is 10.0 Å². The number of hydrogen-bond donors (Lipinski definition) is 2. The van der Waals surface area contributed by atoms with E-state index in [1.807, 2.05) is 26.0 Å². The van der Waals surface area contributed by atoms with E-state index < -0.39 is 10.0 Å². The highest BCUT2D eigenvalue weighted by atomic mass is 32.2. The Morgan fingerprint density at radius 3 is 2.84 bits per heavy atom. The molecule has 2 rings (SSSR count). The Labute approximate surface area is 114 Å². The number of morpholine rings is 1. The molecule has 0 spiro atoms. The lowest BCUT2D eigenvalue weighted by Gasteiger charge is -2.24. The van der Waals surface area contributed by atoms with Crippen molar-refractivity contribution >= 4 is 10.0 Å². The Bertz CT molecular complexity index is 537. The van der Waals surface area contributed by atoms with Crippen LogP contribution in [0.15, 0.2) is 23.1 Å². The smallest absolute Gasteiger partial charge is 0.240 e. The highest BCUT2D eigenvalue weighted by Crippen LogP contribution is 2.16. The molecule has 1 unspecified atom stereocenters. The summed E-state index contributed by atoms with van der Waals surface area (Å²) in [5.74, 6) is 0. The lowest BCUT2D eigenvalue weighted by molar-refractivity contribution is 0.0784. The van der Waals surface area contributed by atoms with Crippen molar-refractivity contribution in [2.75, 3.05) is 26.3 Å². The predicted molar refractivity (Wildman–Crippen MR) is 73.7 cm³/mol. The Morgan fingerprint density at radius 2 is 2.21 bits per heavy atom. The van der Waals surface area contributed by atoms with Crippen LogP contribution in [-0.4, -0.2) is 40.8 Å². The summed E-state index contributed by atoms with van der Waals surface area (Å²) in [5.41, 5.74) is 1.82. The Kier molecular flexibility index (Phi) is 4.57. The van der Waals surface area contributed by atoms with Gasteiger partial charge in [0.25, 0.3) is 0 Å². The van der Waals surface area contributed by atoms with Crippen molar-refractivity contribution in [3.63, 3.8) is 0 Å². The molecule has 1 aromatic carbocycles. The van der Waals surface area contributed by atoms with Crippen molar-refractivity contribution in [3.8, 4) is 0 Å². The average Bonchev–Trinajstić information content (AvgIpc) is 2.37. The summed E-state index contributed by atoms with van der Waals surface area (Å²) >= 11 is 0. The van der Waals surface area contributed by atoms with Gasteiger partial charge in [-0.25, -0.2) is 13.1 Å². The van der Waals surface area contributed by atoms with Gasteiger partial charge in [0.1, 0.15) is 0 Å². The van der Waals surface area contributed by atoms with Crippen molar-refractivity contribution < 1.29 is 13.2 Å². The minimum Gasteiger partial charge on any atom is -0.378 e. The zero-order valence-electron chi connectivity index (χ0n) is 11.3. The third-order valence-corrected chi connectivity index (χ3v) is 4.72. The highest BCUT2D eigenvalue weighted by molar-refractivity contribution is 7.89. The lowest BCUT2D eigenvalue weighted by Crippen LogP contribution is -2.48. The van der Waals surface area contributed by atoms with Gasteiger partial charge in [-0.2, -0.15) is 0 Å². The van der Waals surface area contributed by atoms with Crippen LogP contribution in [0.1, 0.15) is 11.1 Å². The summed E-state index contributed by atoms with van der Waals surface area (Å²) in [6.07, 6.45) is 0. The standard InChI is InChI=1S/C13H20N2O3S/c1-10-3-4-13(11(2)7-10)19(16,17)15-8-12-9-18-6-5-14-12/h3-4,7,12,14-15H,5-6,8-9H2,1-2H3. The Morgan fingerprint density at radius 1 is 1.42 bits per heavy atom. The molecule has 1 aliphatic heterocycles. The van der Waals surface area contributed by atoms with Crippen LogP contribution >= 0.6 is 0 Å². The van der Waals surface area contributed by atoms with Crippen LogP contribution in [0.2, 0.25) is 0 Å². The van der Waals surface area contributed by atoms with Gasteiger partial charge in [-0.1, -0.05) is 17.7 Å². The van der Waals surface area contributed by atoms with E-state index in [1.165, 1.54) is 0 Å². The average molecular weight is 284 g/mol. The molecule has 1 atom stereocenters. The van der Waals surface area contributed by atoms with Gasteiger partial charge in [-0.05, 0) is 25.5 Å². The van der Waals surface area contributed by atoms with E-state index in [2.05, 4.69) is 10.0 Å². The Balaban J connectivity index is 2.05. The molecule has 1 saturated heterocycles. The molecule has 19 heavy (non-hydrogen) atoms. The predicted octanol–water partition coefficient (Wildman–Crippen LogP) is 0.570. The first-order valence-corrected chi connectivity index (χ1v) is 7.85. The number of nitrogens with one attached hydrogen (secondary N) is 2. The van der Waals surface area contributed by atoms with Gasteiger partial charge >= 0.3 is 0 Å². The van der Waals surface area contributed by atoms with Crippen molar-refractivity contribution in [3.05, 3.63) is 29.3 Å². The maximum absolute atomic E-state index is 12.2. The first-order valence-electron chi connectivity index (χ1n) is 6.37. The third-order valence-electron chi connectivity index (χ3n) is 3.14. The molecule has 1 aromatic rings. The van der Waals surface area contributed by atoms with E-state index in [4.69, 9.17) is 4.74 Å². The molecule has 106 valence electrons. The number of benzene rings is 1. The van der Waals surface area contributed by atoms with E-state index >= 15 is 0 Å². The second-order valence-electron chi connectivity index (χ2n) is 4.85. The largest absolute Gasteiger partial charge is 0.378 e. The molecule has 6 heteroatoms. The van der Waals surface area contributed by atoms with Crippen LogP contribution in [0.25, 0.3) is 0 Å². The van der Waals surface area contributed by atoms with Crippen LogP contribution in [0.3, 0.4) is 0 Å². The number of rotatable bonds is 4. The maximum atomic E-state index is 12.2. The summed E-state index contributed by atoms with van der Waals surface area (Å²) in [6, 6.07) is 5.37. The van der Waals surface area contributed by atoms with Crippen molar-refractivity contribution in [1.82, 2.24) is 10.0 Å². The fourth-order valence-corrected chi connectivity index (χ4v) is 3.45.